The smallest absolute Gasteiger partial charge is 0.472 e. The third-order valence-electron chi connectivity index (χ3n) is 9.16. The largest absolute Gasteiger partial charge is 0.497 e. The van der Waals surface area contributed by atoms with Gasteiger partial charge in [0.15, 0.2) is 23.2 Å². The molecule has 2 saturated heterocycles. The van der Waals surface area contributed by atoms with E-state index in [4.69, 9.17) is 29.0 Å². The van der Waals surface area contributed by atoms with Gasteiger partial charge in [-0.15, -0.1) is 0 Å². The number of nitrogens with two attached hydrogens (primary N) is 1. The molecule has 1 amide bonds. The Bertz CT molecular complexity index is 2130. The molecule has 6 rings (SSSR count). The summed E-state index contributed by atoms with van der Waals surface area (Å²) in [7, 11) is 0.109. The summed E-state index contributed by atoms with van der Waals surface area (Å²) in [5.74, 6) is 0.482. The van der Waals surface area contributed by atoms with Gasteiger partial charge in [0.25, 0.3) is 5.56 Å². The van der Waals surface area contributed by atoms with Crippen molar-refractivity contribution in [2.75, 3.05) is 39.3 Å². The number of rotatable bonds is 14. The van der Waals surface area contributed by atoms with Crippen molar-refractivity contribution in [2.45, 2.75) is 68.7 Å². The summed E-state index contributed by atoms with van der Waals surface area (Å²) in [6, 6.07) is 4.70. The molecule has 0 bridgehead atoms. The van der Waals surface area contributed by atoms with Crippen LogP contribution in [-0.4, -0.2) is 121 Å². The molecule has 2 aliphatic heterocycles. The van der Waals surface area contributed by atoms with Crippen LogP contribution in [0.25, 0.3) is 11.2 Å². The van der Waals surface area contributed by atoms with Gasteiger partial charge in [-0.1, -0.05) is 12.1 Å². The summed E-state index contributed by atoms with van der Waals surface area (Å²) in [5.41, 5.74) is 6.57. The van der Waals surface area contributed by atoms with E-state index in [-0.39, 0.29) is 18.4 Å². The molecule has 21 nitrogen and oxygen atoms in total. The average Bonchev–Trinajstić information content (AvgIpc) is 3.83. The van der Waals surface area contributed by atoms with Crippen LogP contribution >= 0.6 is 7.82 Å². The molecule has 1 aromatic carbocycles. The number of benzene rings is 1. The Morgan fingerprint density at radius 1 is 1.17 bits per heavy atom. The van der Waals surface area contributed by atoms with Crippen LogP contribution in [0, 0.1) is 6.92 Å². The zero-order chi connectivity index (χ0) is 38.9. The van der Waals surface area contributed by atoms with Crippen LogP contribution in [0.4, 0.5) is 5.82 Å². The normalized spacial score (nSPS) is 25.7. The summed E-state index contributed by atoms with van der Waals surface area (Å²) < 4.78 is 43.7. The first-order valence-electron chi connectivity index (χ1n) is 16.8. The van der Waals surface area contributed by atoms with Crippen LogP contribution in [-0.2, 0) is 34.3 Å². The number of phosphoric ester groups is 1. The molecule has 0 aliphatic carbocycles. The molecule has 3 aromatic heterocycles. The minimum atomic E-state index is -4.97. The second kappa shape index (κ2) is 16.0. The molecule has 9 unspecified atom stereocenters. The summed E-state index contributed by atoms with van der Waals surface area (Å²) in [6.07, 6.45) is -3.40. The number of aromatic nitrogens is 6. The molecule has 0 spiro atoms. The lowest BCUT2D eigenvalue weighted by Gasteiger charge is -2.25. The van der Waals surface area contributed by atoms with Gasteiger partial charge in [-0.05, 0) is 31.0 Å². The van der Waals surface area contributed by atoms with Crippen molar-refractivity contribution >= 4 is 30.7 Å². The summed E-state index contributed by atoms with van der Waals surface area (Å²) >= 11 is 0. The maximum atomic E-state index is 13.4. The predicted octanol–water partition coefficient (Wildman–Crippen LogP) is -1.15. The number of hydrogen-bond acceptors (Lipinski definition) is 16. The van der Waals surface area contributed by atoms with Crippen LogP contribution in [0.15, 0.2) is 52.7 Å². The van der Waals surface area contributed by atoms with Crippen molar-refractivity contribution in [1.82, 2.24) is 34.4 Å². The molecule has 22 heteroatoms. The van der Waals surface area contributed by atoms with Crippen molar-refractivity contribution in [3.8, 4) is 5.75 Å². The van der Waals surface area contributed by atoms with E-state index >= 15 is 0 Å². The first-order valence-corrected chi connectivity index (χ1v) is 18.3. The first kappa shape index (κ1) is 39.1. The number of phosphoric acid groups is 1. The Morgan fingerprint density at radius 2 is 1.91 bits per heavy atom. The van der Waals surface area contributed by atoms with Gasteiger partial charge in [0.2, 0.25) is 5.91 Å². The van der Waals surface area contributed by atoms with Crippen LogP contribution in [0.2, 0.25) is 0 Å². The highest BCUT2D eigenvalue weighted by Crippen LogP contribution is 2.49. The van der Waals surface area contributed by atoms with E-state index in [2.05, 4.69) is 25.3 Å². The Kier molecular flexibility index (Phi) is 11.6. The van der Waals surface area contributed by atoms with Crippen molar-refractivity contribution in [3.05, 3.63) is 75.1 Å². The van der Waals surface area contributed by atoms with Gasteiger partial charge in [0.1, 0.15) is 42.7 Å². The number of H-pyrrole nitrogens is 1. The predicted molar refractivity (Wildman–Crippen MR) is 188 cm³/mol. The Hall–Kier alpha value is -4.57. The van der Waals surface area contributed by atoms with Crippen molar-refractivity contribution in [3.63, 3.8) is 0 Å². The van der Waals surface area contributed by atoms with E-state index in [0.717, 1.165) is 10.1 Å². The number of anilines is 1. The lowest BCUT2D eigenvalue weighted by atomic mass is 10.0. The van der Waals surface area contributed by atoms with Crippen LogP contribution < -0.4 is 31.9 Å². The molecule has 54 heavy (non-hydrogen) atoms. The topological polar surface area (TPSA) is 281 Å². The number of aromatic amines is 1. The quantitative estimate of drug-likeness (QED) is 0.0825. The first-order chi connectivity index (χ1) is 25.7. The minimum Gasteiger partial charge on any atom is -0.497 e. The molecule has 292 valence electrons. The van der Waals surface area contributed by atoms with Gasteiger partial charge in [-0.3, -0.25) is 32.8 Å². The number of carbonyl (C=O) groups excluding carboxylic acids is 1. The lowest BCUT2D eigenvalue weighted by Crippen LogP contribution is -2.53. The number of aliphatic hydroxyl groups excluding tert-OH is 2. The molecule has 0 saturated carbocycles. The number of aliphatic hydroxyl groups is 2. The number of methoxy groups -OCH3 is 1. The Balaban J connectivity index is 1.20. The third-order valence-corrected chi connectivity index (χ3v) is 10.2. The number of amides is 1. The summed E-state index contributed by atoms with van der Waals surface area (Å²) in [6.45, 7) is 0.169. The third kappa shape index (κ3) is 8.23. The second-order valence-electron chi connectivity index (χ2n) is 13.1. The van der Waals surface area contributed by atoms with Crippen LogP contribution in [0.3, 0.4) is 0 Å². The molecule has 9 atom stereocenters. The number of carbonyl (C=O) groups is 1. The number of nitrogens with zero attached hydrogens (tertiary/aromatic N) is 6. The molecule has 2 fully saturated rings. The van der Waals surface area contributed by atoms with Gasteiger partial charge in [0.05, 0.1) is 38.7 Å². The number of fused-ring (bicyclic) bond motifs is 1. The van der Waals surface area contributed by atoms with Gasteiger partial charge in [-0.25, -0.2) is 24.3 Å². The number of imidazole rings is 1. The van der Waals surface area contributed by atoms with Gasteiger partial charge in [0, 0.05) is 32.3 Å². The van der Waals surface area contributed by atoms with Gasteiger partial charge in [-0.2, -0.15) is 0 Å². The van der Waals surface area contributed by atoms with Gasteiger partial charge < -0.3 is 45.3 Å². The van der Waals surface area contributed by atoms with Crippen LogP contribution in [0.1, 0.15) is 30.0 Å². The van der Waals surface area contributed by atoms with Crippen molar-refractivity contribution in [2.24, 2.45) is 5.73 Å². The molecule has 5 heterocycles. The van der Waals surface area contributed by atoms with E-state index in [1.807, 2.05) is 0 Å². The highest BCUT2D eigenvalue weighted by Gasteiger charge is 2.48. The summed E-state index contributed by atoms with van der Waals surface area (Å²) in [4.78, 5) is 65.4. The highest BCUT2D eigenvalue weighted by atomic mass is 31.2. The maximum absolute atomic E-state index is 13.4. The second-order valence-corrected chi connectivity index (χ2v) is 14.5. The summed E-state index contributed by atoms with van der Waals surface area (Å²) in [5, 5.41) is 24.3. The van der Waals surface area contributed by atoms with E-state index in [0.29, 0.717) is 22.7 Å². The molecule has 0 radical (unpaired) electrons. The Morgan fingerprint density at radius 3 is 2.59 bits per heavy atom. The highest BCUT2D eigenvalue weighted by molar-refractivity contribution is 7.47. The zero-order valence-corrected chi connectivity index (χ0v) is 30.6. The van der Waals surface area contributed by atoms with E-state index < -0.39 is 87.1 Å². The number of nitrogens with one attached hydrogen (secondary N) is 2. The monoisotopic (exact) mass is 775 g/mol. The average molecular weight is 776 g/mol. The number of ether oxygens (including phenoxy) is 3. The number of hydrogen-bond donors (Lipinski definition) is 6. The van der Waals surface area contributed by atoms with E-state index in [1.54, 1.807) is 43.3 Å². The lowest BCUT2D eigenvalue weighted by molar-refractivity contribution is -0.124. The Labute approximate surface area is 307 Å². The SMILES string of the molecule is COc1ccc(CC(N)C(=O)NC2C(COP(=O)(O)OC3CC(n4cc(C)c(=O)[nH]c4=O)OC3CO)OC(n3cnc4c(N(C)C)ncnc43)C2O)cc1. The molecular formula is C32H42N9O12P. The number of aryl methyl sites for hydroxylation is 1. The zero-order valence-electron chi connectivity index (χ0n) is 29.7. The standard InChI is InChI=1S/C32H42N9O12P/c1-16-11-40(32(46)38-29(16)44)23-10-20(21(12-42)51-23)53-54(47,48)50-13-22-24(37-30(45)19(33)9-17-5-7-18(49-4)8-6-17)26(43)31(52-22)41-15-36-25-27(39(2)3)34-14-35-28(25)41/h5-8,11,14-15,19-24,26,31,42-43H,9-10,12-13,33H2,1-4H3,(H,37,45)(H,47,48)(H,38,44,46). The van der Waals surface area contributed by atoms with Crippen molar-refractivity contribution in [1.29, 1.82) is 0 Å². The maximum Gasteiger partial charge on any atom is 0.472 e. The molecule has 7 N–H and O–H groups in total. The fourth-order valence-electron chi connectivity index (χ4n) is 6.34. The fourth-order valence-corrected chi connectivity index (χ4v) is 7.30. The van der Waals surface area contributed by atoms with Crippen molar-refractivity contribution < 1.29 is 47.7 Å². The van der Waals surface area contributed by atoms with Gasteiger partial charge >= 0.3 is 13.5 Å². The fraction of sp³-hybridized carbons (Fsp3) is 0.500. The molecular weight excluding hydrogens is 733 g/mol. The molecule has 4 aromatic rings. The van der Waals surface area contributed by atoms with E-state index in [9.17, 15) is 34.1 Å². The molecule has 2 aliphatic rings. The van der Waals surface area contributed by atoms with Crippen LogP contribution in [0.5, 0.6) is 5.75 Å². The minimum absolute atomic E-state index is 0.140. The van der Waals surface area contributed by atoms with E-state index in [1.165, 1.54) is 37.5 Å².